The van der Waals surface area contributed by atoms with E-state index in [1.54, 1.807) is 0 Å². The zero-order chi connectivity index (χ0) is 11.6. The predicted octanol–water partition coefficient (Wildman–Crippen LogP) is -0.0697. The number of aliphatic carboxylic acids is 1. The molecule has 0 amide bonds. The summed E-state index contributed by atoms with van der Waals surface area (Å²) in [5.41, 5.74) is 5.02. The highest BCUT2D eigenvalue weighted by Crippen LogP contribution is 2.37. The van der Waals surface area contributed by atoms with Gasteiger partial charge in [0.05, 0.1) is 5.56 Å². The van der Waals surface area contributed by atoms with E-state index in [1.807, 2.05) is 0 Å². The van der Waals surface area contributed by atoms with E-state index in [9.17, 15) is 15.0 Å². The van der Waals surface area contributed by atoms with E-state index in [0.717, 1.165) is 12.1 Å². The monoisotopic (exact) mass is 213 g/mol. The van der Waals surface area contributed by atoms with E-state index < -0.39 is 23.4 Å². The fourth-order valence-electron chi connectivity index (χ4n) is 1.31. The van der Waals surface area contributed by atoms with Crippen molar-refractivity contribution in [1.82, 2.24) is 0 Å². The van der Waals surface area contributed by atoms with Gasteiger partial charge in [-0.25, -0.2) is 0 Å². The lowest BCUT2D eigenvalue weighted by molar-refractivity contribution is -0.138. The Morgan fingerprint density at radius 2 is 1.73 bits per heavy atom. The minimum absolute atomic E-state index is 0.192. The van der Waals surface area contributed by atoms with E-state index in [-0.39, 0.29) is 17.9 Å². The molecule has 0 aliphatic heterocycles. The van der Waals surface area contributed by atoms with Gasteiger partial charge in [-0.2, -0.15) is 0 Å². The van der Waals surface area contributed by atoms with Crippen LogP contribution in [0.5, 0.6) is 17.2 Å². The average molecular weight is 213 g/mol. The highest BCUT2D eigenvalue weighted by Gasteiger charge is 2.25. The minimum Gasteiger partial charge on any atom is -0.508 e. The number of carboxylic acids is 1. The molecule has 6 heteroatoms. The van der Waals surface area contributed by atoms with Crippen LogP contribution in [0.25, 0.3) is 0 Å². The predicted molar refractivity (Wildman–Crippen MR) is 50.9 cm³/mol. The Hall–Kier alpha value is -1.95. The van der Waals surface area contributed by atoms with E-state index in [4.69, 9.17) is 15.9 Å². The Balaban J connectivity index is 3.29. The third-order valence-corrected chi connectivity index (χ3v) is 2.00. The van der Waals surface area contributed by atoms with Crippen LogP contribution in [0.3, 0.4) is 0 Å². The summed E-state index contributed by atoms with van der Waals surface area (Å²) in [5.74, 6) is -3.80. The van der Waals surface area contributed by atoms with Crippen LogP contribution >= 0.6 is 0 Å². The first-order valence-electron chi connectivity index (χ1n) is 4.15. The highest BCUT2D eigenvalue weighted by molar-refractivity contribution is 5.79. The first-order valence-corrected chi connectivity index (χ1v) is 4.15. The number of carbonyl (C=O) groups is 1. The molecule has 1 aromatic rings. The molecule has 0 aliphatic rings. The van der Waals surface area contributed by atoms with E-state index in [1.165, 1.54) is 0 Å². The maximum Gasteiger partial charge on any atom is 0.312 e. The fourth-order valence-corrected chi connectivity index (χ4v) is 1.31. The second-order valence-corrected chi connectivity index (χ2v) is 3.02. The number of rotatable bonds is 3. The van der Waals surface area contributed by atoms with Crippen molar-refractivity contribution in [2.24, 2.45) is 5.73 Å². The number of carboxylic acid groups (broad SMARTS) is 1. The molecule has 1 aromatic carbocycles. The van der Waals surface area contributed by atoms with Gasteiger partial charge >= 0.3 is 5.97 Å². The maximum atomic E-state index is 10.8. The number of hydrogen-bond donors (Lipinski definition) is 5. The van der Waals surface area contributed by atoms with Gasteiger partial charge in [0, 0.05) is 18.7 Å². The van der Waals surface area contributed by atoms with Crippen molar-refractivity contribution in [2.75, 3.05) is 6.54 Å². The molecule has 0 fully saturated rings. The molecule has 15 heavy (non-hydrogen) atoms. The fraction of sp³-hybridized carbons (Fsp3) is 0.222. The summed E-state index contributed by atoms with van der Waals surface area (Å²) in [5, 5.41) is 36.6. The summed E-state index contributed by atoms with van der Waals surface area (Å²) >= 11 is 0. The molecule has 1 atom stereocenters. The van der Waals surface area contributed by atoms with E-state index in [2.05, 4.69) is 0 Å². The van der Waals surface area contributed by atoms with Crippen molar-refractivity contribution in [3.05, 3.63) is 17.7 Å². The topological polar surface area (TPSA) is 124 Å². The standard InChI is InChI=1S/C9H11NO5/c10-3-5(9(14)15)8-6(12)1-4(11)2-7(8)13/h1-2,5,11-13H,3,10H2,(H,14,15). The van der Waals surface area contributed by atoms with Crippen molar-refractivity contribution < 1.29 is 25.2 Å². The van der Waals surface area contributed by atoms with Gasteiger partial charge in [-0.3, -0.25) is 4.79 Å². The van der Waals surface area contributed by atoms with Gasteiger partial charge in [0.2, 0.25) is 0 Å². The van der Waals surface area contributed by atoms with Crippen LogP contribution in [0.2, 0.25) is 0 Å². The van der Waals surface area contributed by atoms with Crippen LogP contribution in [0.15, 0.2) is 12.1 Å². The Bertz CT molecular complexity index is 367. The molecular formula is C9H11NO5. The summed E-state index contributed by atoms with van der Waals surface area (Å²) < 4.78 is 0. The number of nitrogens with two attached hydrogens (primary N) is 1. The van der Waals surface area contributed by atoms with Crippen molar-refractivity contribution in [1.29, 1.82) is 0 Å². The van der Waals surface area contributed by atoms with Crippen LogP contribution < -0.4 is 5.73 Å². The molecular weight excluding hydrogens is 202 g/mol. The summed E-state index contributed by atoms with van der Waals surface area (Å²) in [4.78, 5) is 10.8. The molecule has 0 saturated carbocycles. The molecule has 0 spiro atoms. The van der Waals surface area contributed by atoms with Crippen LogP contribution in [-0.2, 0) is 4.79 Å². The molecule has 6 nitrogen and oxygen atoms in total. The first kappa shape index (κ1) is 11.1. The molecule has 0 bridgehead atoms. The van der Waals surface area contributed by atoms with Gasteiger partial charge in [-0.15, -0.1) is 0 Å². The minimum atomic E-state index is -1.26. The van der Waals surface area contributed by atoms with E-state index in [0.29, 0.717) is 0 Å². The van der Waals surface area contributed by atoms with Gasteiger partial charge in [-0.05, 0) is 0 Å². The summed E-state index contributed by atoms with van der Waals surface area (Å²) in [6, 6.07) is 1.89. The van der Waals surface area contributed by atoms with E-state index >= 15 is 0 Å². The van der Waals surface area contributed by atoms with Crippen molar-refractivity contribution in [3.8, 4) is 17.2 Å². The number of hydrogen-bond acceptors (Lipinski definition) is 5. The molecule has 82 valence electrons. The number of aromatic hydroxyl groups is 3. The van der Waals surface area contributed by atoms with Crippen LogP contribution in [-0.4, -0.2) is 32.9 Å². The lowest BCUT2D eigenvalue weighted by Crippen LogP contribution is -2.21. The summed E-state index contributed by atoms with van der Waals surface area (Å²) in [6.07, 6.45) is 0. The molecule has 0 radical (unpaired) electrons. The molecule has 1 rings (SSSR count). The van der Waals surface area contributed by atoms with Gasteiger partial charge in [0.25, 0.3) is 0 Å². The second-order valence-electron chi connectivity index (χ2n) is 3.02. The Morgan fingerprint density at radius 1 is 1.27 bits per heavy atom. The largest absolute Gasteiger partial charge is 0.508 e. The van der Waals surface area contributed by atoms with Crippen molar-refractivity contribution in [2.45, 2.75) is 5.92 Å². The highest BCUT2D eigenvalue weighted by atomic mass is 16.4. The van der Waals surface area contributed by atoms with Crippen LogP contribution in [0, 0.1) is 0 Å². The second kappa shape index (κ2) is 4.05. The maximum absolute atomic E-state index is 10.8. The van der Waals surface area contributed by atoms with Gasteiger partial charge < -0.3 is 26.2 Å². The van der Waals surface area contributed by atoms with Gasteiger partial charge in [-0.1, -0.05) is 0 Å². The summed E-state index contributed by atoms with van der Waals surface area (Å²) in [7, 11) is 0. The zero-order valence-corrected chi connectivity index (χ0v) is 7.71. The first-order chi connectivity index (χ1) is 6.97. The Morgan fingerprint density at radius 3 is 2.07 bits per heavy atom. The molecule has 6 N–H and O–H groups in total. The molecule has 0 aliphatic carbocycles. The number of phenolic OH excluding ortho intramolecular Hbond substituents is 3. The SMILES string of the molecule is NCC(C(=O)O)c1c(O)cc(O)cc1O. The third-order valence-electron chi connectivity index (χ3n) is 2.00. The van der Waals surface area contributed by atoms with Crippen molar-refractivity contribution >= 4 is 5.97 Å². The molecule has 0 heterocycles. The molecule has 0 saturated heterocycles. The average Bonchev–Trinajstić information content (AvgIpc) is 2.09. The lowest BCUT2D eigenvalue weighted by Gasteiger charge is -2.13. The summed E-state index contributed by atoms with van der Waals surface area (Å²) in [6.45, 7) is -0.263. The lowest BCUT2D eigenvalue weighted by atomic mass is 9.97. The van der Waals surface area contributed by atoms with Crippen LogP contribution in [0.1, 0.15) is 11.5 Å². The smallest absolute Gasteiger partial charge is 0.312 e. The Kier molecular flexibility index (Phi) is 3.01. The van der Waals surface area contributed by atoms with Gasteiger partial charge in [0.1, 0.15) is 23.2 Å². The van der Waals surface area contributed by atoms with Gasteiger partial charge in [0.15, 0.2) is 0 Å². The zero-order valence-electron chi connectivity index (χ0n) is 7.71. The van der Waals surface area contributed by atoms with Crippen LogP contribution in [0.4, 0.5) is 0 Å². The third kappa shape index (κ3) is 2.10. The quantitative estimate of drug-likeness (QED) is 0.478. The molecule has 0 aromatic heterocycles. The van der Waals surface area contributed by atoms with Crippen molar-refractivity contribution in [3.63, 3.8) is 0 Å². The Labute approximate surface area is 85.2 Å². The number of phenols is 3. The number of benzene rings is 1. The normalized spacial score (nSPS) is 12.3. The molecule has 1 unspecified atom stereocenters.